The van der Waals surface area contributed by atoms with Crippen molar-refractivity contribution in [1.82, 2.24) is 9.97 Å². The van der Waals surface area contributed by atoms with Crippen LogP contribution in [-0.2, 0) is 0 Å². The van der Waals surface area contributed by atoms with Gasteiger partial charge in [0.1, 0.15) is 16.5 Å². The van der Waals surface area contributed by atoms with Crippen molar-refractivity contribution in [2.75, 3.05) is 17.2 Å². The number of benzene rings is 1. The molecule has 3 aromatic rings. The summed E-state index contributed by atoms with van der Waals surface area (Å²) in [5, 5.41) is 9.00. The molecule has 0 unspecified atom stereocenters. The summed E-state index contributed by atoms with van der Waals surface area (Å²) in [7, 11) is 0. The zero-order valence-corrected chi connectivity index (χ0v) is 12.6. The minimum Gasteiger partial charge on any atom is -0.354 e. The lowest BCUT2D eigenvalue weighted by Gasteiger charge is -2.10. The fraction of sp³-hybridized carbons (Fsp3) is 0.200. The Bertz CT molecular complexity index is 784. The summed E-state index contributed by atoms with van der Waals surface area (Å²) in [4.78, 5) is 9.73. The molecule has 0 amide bonds. The maximum Gasteiger partial charge on any atom is 0.226 e. The van der Waals surface area contributed by atoms with Crippen molar-refractivity contribution in [2.45, 2.75) is 13.8 Å². The predicted octanol–water partition coefficient (Wildman–Crippen LogP) is 4.31. The van der Waals surface area contributed by atoms with Crippen LogP contribution in [-0.4, -0.2) is 16.5 Å². The van der Waals surface area contributed by atoms with E-state index in [1.54, 1.807) is 6.07 Å². The largest absolute Gasteiger partial charge is 0.354 e. The Balaban J connectivity index is 2.04. The van der Waals surface area contributed by atoms with Gasteiger partial charge in [0, 0.05) is 6.54 Å². The third-order valence-corrected chi connectivity index (χ3v) is 3.84. The molecule has 0 saturated carbocycles. The van der Waals surface area contributed by atoms with Gasteiger partial charge in [-0.15, -0.1) is 11.3 Å². The minimum absolute atomic E-state index is 0.290. The van der Waals surface area contributed by atoms with Crippen LogP contribution in [0.3, 0.4) is 0 Å². The maximum atomic E-state index is 14.0. The highest BCUT2D eigenvalue weighted by Crippen LogP contribution is 2.29. The molecule has 1 aromatic carbocycles. The highest BCUT2D eigenvalue weighted by molar-refractivity contribution is 7.16. The van der Waals surface area contributed by atoms with E-state index in [-0.39, 0.29) is 5.82 Å². The van der Waals surface area contributed by atoms with E-state index in [1.807, 2.05) is 31.4 Å². The number of hydrogen-bond acceptors (Lipinski definition) is 5. The monoisotopic (exact) mass is 302 g/mol. The number of rotatable bonds is 4. The van der Waals surface area contributed by atoms with Crippen molar-refractivity contribution in [3.8, 4) is 0 Å². The summed E-state index contributed by atoms with van der Waals surface area (Å²) in [5.74, 6) is 0.865. The molecule has 0 aliphatic rings. The first-order valence-electron chi connectivity index (χ1n) is 6.69. The van der Waals surface area contributed by atoms with Crippen LogP contribution < -0.4 is 10.6 Å². The second-order valence-electron chi connectivity index (χ2n) is 4.67. The molecule has 4 nitrogen and oxygen atoms in total. The van der Waals surface area contributed by atoms with Crippen molar-refractivity contribution >= 4 is 39.0 Å². The van der Waals surface area contributed by atoms with Crippen LogP contribution in [0.5, 0.6) is 0 Å². The Morgan fingerprint density at radius 1 is 1.24 bits per heavy atom. The minimum atomic E-state index is -0.290. The average Bonchev–Trinajstić information content (AvgIpc) is 2.91. The van der Waals surface area contributed by atoms with Gasteiger partial charge in [0.25, 0.3) is 0 Å². The van der Waals surface area contributed by atoms with Crippen LogP contribution in [0.4, 0.5) is 21.8 Å². The second-order valence-corrected chi connectivity index (χ2v) is 5.57. The third-order valence-electron chi connectivity index (χ3n) is 3.04. The fourth-order valence-corrected chi connectivity index (χ4v) is 2.80. The van der Waals surface area contributed by atoms with Crippen LogP contribution in [0.1, 0.15) is 12.5 Å². The van der Waals surface area contributed by atoms with Gasteiger partial charge in [0.15, 0.2) is 0 Å². The highest BCUT2D eigenvalue weighted by atomic mass is 32.1. The lowest BCUT2D eigenvalue weighted by molar-refractivity contribution is 0.630. The molecule has 0 fully saturated rings. The molecule has 2 heterocycles. The number of hydrogen-bond donors (Lipinski definition) is 2. The predicted molar refractivity (Wildman–Crippen MR) is 86.0 cm³/mol. The van der Waals surface area contributed by atoms with E-state index in [2.05, 4.69) is 20.6 Å². The Morgan fingerprint density at radius 3 is 2.86 bits per heavy atom. The molecule has 3 rings (SSSR count). The van der Waals surface area contributed by atoms with Gasteiger partial charge in [-0.1, -0.05) is 6.07 Å². The number of anilines is 3. The van der Waals surface area contributed by atoms with Crippen molar-refractivity contribution < 1.29 is 4.39 Å². The fourth-order valence-electron chi connectivity index (χ4n) is 2.04. The normalized spacial score (nSPS) is 10.8. The van der Waals surface area contributed by atoms with E-state index in [4.69, 9.17) is 0 Å². The first-order valence-corrected chi connectivity index (χ1v) is 7.57. The van der Waals surface area contributed by atoms with Gasteiger partial charge in [-0.05, 0) is 43.0 Å². The Hall–Kier alpha value is -2.21. The Morgan fingerprint density at radius 2 is 2.10 bits per heavy atom. The van der Waals surface area contributed by atoms with E-state index < -0.39 is 0 Å². The van der Waals surface area contributed by atoms with Crippen molar-refractivity contribution in [3.05, 3.63) is 41.0 Å². The summed E-state index contributed by atoms with van der Waals surface area (Å²) >= 11 is 1.53. The first kappa shape index (κ1) is 13.8. The number of aryl methyl sites for hydroxylation is 1. The lowest BCUT2D eigenvalue weighted by Crippen LogP contribution is -2.05. The number of nitrogens with zero attached hydrogens (tertiary/aromatic N) is 2. The van der Waals surface area contributed by atoms with Gasteiger partial charge >= 0.3 is 0 Å². The molecule has 0 bridgehead atoms. The standard InChI is InChI=1S/C15H15FN4S/c1-3-17-15-19-13(10-6-7-21-14(10)20-15)18-12-5-4-9(2)8-11(12)16/h4-8H,3H2,1-2H3,(H2,17,18,19,20). The summed E-state index contributed by atoms with van der Waals surface area (Å²) in [6, 6.07) is 7.02. The molecular formula is C15H15FN4S. The van der Waals surface area contributed by atoms with Gasteiger partial charge in [0.05, 0.1) is 11.1 Å². The van der Waals surface area contributed by atoms with Gasteiger partial charge in [-0.2, -0.15) is 4.98 Å². The zero-order valence-electron chi connectivity index (χ0n) is 11.8. The summed E-state index contributed by atoms with van der Waals surface area (Å²) < 4.78 is 14.0. The topological polar surface area (TPSA) is 49.8 Å². The number of aromatic nitrogens is 2. The Kier molecular flexibility index (Phi) is 3.70. The Labute approximate surface area is 126 Å². The van der Waals surface area contributed by atoms with Crippen molar-refractivity contribution in [1.29, 1.82) is 0 Å². The first-order chi connectivity index (χ1) is 10.2. The SMILES string of the molecule is CCNc1nc(Nc2ccc(C)cc2F)c2ccsc2n1. The smallest absolute Gasteiger partial charge is 0.226 e. The number of fused-ring (bicyclic) bond motifs is 1. The van der Waals surface area contributed by atoms with E-state index in [0.29, 0.717) is 17.5 Å². The number of halogens is 1. The number of nitrogens with one attached hydrogen (secondary N) is 2. The summed E-state index contributed by atoms with van der Waals surface area (Å²) in [6.07, 6.45) is 0. The highest BCUT2D eigenvalue weighted by Gasteiger charge is 2.11. The molecule has 2 aromatic heterocycles. The van der Waals surface area contributed by atoms with Crippen molar-refractivity contribution in [2.24, 2.45) is 0 Å². The number of thiophene rings is 1. The van der Waals surface area contributed by atoms with Crippen LogP contribution >= 0.6 is 11.3 Å². The molecular weight excluding hydrogens is 287 g/mol. The van der Waals surface area contributed by atoms with Gasteiger partial charge in [-0.3, -0.25) is 0 Å². The average molecular weight is 302 g/mol. The van der Waals surface area contributed by atoms with Gasteiger partial charge in [-0.25, -0.2) is 9.37 Å². The van der Waals surface area contributed by atoms with E-state index >= 15 is 0 Å². The van der Waals surface area contributed by atoms with E-state index in [9.17, 15) is 4.39 Å². The quantitative estimate of drug-likeness (QED) is 0.754. The van der Waals surface area contributed by atoms with Crippen LogP contribution in [0, 0.1) is 12.7 Å². The maximum absolute atomic E-state index is 14.0. The molecule has 0 radical (unpaired) electrons. The molecule has 0 aliphatic carbocycles. The van der Waals surface area contributed by atoms with Crippen molar-refractivity contribution in [3.63, 3.8) is 0 Å². The second kappa shape index (κ2) is 5.65. The molecule has 108 valence electrons. The third kappa shape index (κ3) is 2.80. The molecule has 6 heteroatoms. The van der Waals surface area contributed by atoms with Crippen LogP contribution in [0.25, 0.3) is 10.2 Å². The molecule has 0 saturated heterocycles. The molecule has 0 aliphatic heterocycles. The van der Waals surface area contributed by atoms with Crippen LogP contribution in [0.15, 0.2) is 29.6 Å². The molecule has 21 heavy (non-hydrogen) atoms. The molecule has 0 spiro atoms. The van der Waals surface area contributed by atoms with Crippen LogP contribution in [0.2, 0.25) is 0 Å². The summed E-state index contributed by atoms with van der Waals surface area (Å²) in [6.45, 7) is 4.57. The van der Waals surface area contributed by atoms with E-state index in [0.717, 1.165) is 22.3 Å². The van der Waals surface area contributed by atoms with E-state index in [1.165, 1.54) is 17.4 Å². The van der Waals surface area contributed by atoms with Gasteiger partial charge < -0.3 is 10.6 Å². The molecule has 0 atom stereocenters. The van der Waals surface area contributed by atoms with Gasteiger partial charge in [0.2, 0.25) is 5.95 Å². The zero-order chi connectivity index (χ0) is 14.8. The summed E-state index contributed by atoms with van der Waals surface area (Å²) in [5.41, 5.74) is 1.30. The molecule has 2 N–H and O–H groups in total. The lowest BCUT2D eigenvalue weighted by atomic mass is 10.2.